The molecule has 0 spiro atoms. The molecule has 1 aromatic carbocycles. The summed E-state index contributed by atoms with van der Waals surface area (Å²) in [5, 5.41) is 8.78. The maximum absolute atomic E-state index is 14.9. The van der Waals surface area contributed by atoms with E-state index in [2.05, 4.69) is 15.7 Å². The molecule has 1 aliphatic rings. The highest BCUT2D eigenvalue weighted by Crippen LogP contribution is 2.35. The fourth-order valence-electron chi connectivity index (χ4n) is 4.28. The number of carbonyl (C=O) groups excluding carboxylic acids is 1. The molecule has 1 fully saturated rings. The molecule has 0 saturated heterocycles. The van der Waals surface area contributed by atoms with Gasteiger partial charge in [-0.3, -0.25) is 9.48 Å². The number of hydrogen-bond donors (Lipinski definition) is 2. The molecule has 1 amide bonds. The van der Waals surface area contributed by atoms with Crippen LogP contribution in [-0.2, 0) is 16.4 Å². The zero-order valence-corrected chi connectivity index (χ0v) is 21.7. The Kier molecular flexibility index (Phi) is 8.59. The van der Waals surface area contributed by atoms with Crippen molar-refractivity contribution >= 4 is 33.0 Å². The van der Waals surface area contributed by atoms with Gasteiger partial charge in [-0.15, -0.1) is 0 Å². The first kappa shape index (κ1) is 28.2. The highest BCUT2D eigenvalue weighted by atomic mass is 35.5. The second-order valence-electron chi connectivity index (χ2n) is 9.11. The third-order valence-electron chi connectivity index (χ3n) is 6.46. The Balaban J connectivity index is 1.74. The summed E-state index contributed by atoms with van der Waals surface area (Å²) in [6, 6.07) is 1.66. The van der Waals surface area contributed by atoms with Gasteiger partial charge in [0.05, 0.1) is 16.0 Å². The van der Waals surface area contributed by atoms with Gasteiger partial charge < -0.3 is 10.6 Å². The van der Waals surface area contributed by atoms with Crippen LogP contribution in [0.15, 0.2) is 18.2 Å². The van der Waals surface area contributed by atoms with Gasteiger partial charge in [0, 0.05) is 30.6 Å². The Bertz CT molecular complexity index is 1210. The molecule has 0 aliphatic heterocycles. The number of alkyl halides is 3. The van der Waals surface area contributed by atoms with Crippen LogP contribution in [0.5, 0.6) is 0 Å². The lowest BCUT2D eigenvalue weighted by atomic mass is 9.89. The van der Waals surface area contributed by atoms with E-state index >= 15 is 0 Å². The zero-order chi connectivity index (χ0) is 26.8. The molecule has 13 heteroatoms. The van der Waals surface area contributed by atoms with Gasteiger partial charge in [-0.1, -0.05) is 11.6 Å². The van der Waals surface area contributed by atoms with Crippen molar-refractivity contribution in [3.63, 3.8) is 0 Å². The molecule has 0 bridgehead atoms. The van der Waals surface area contributed by atoms with Gasteiger partial charge in [0.25, 0.3) is 5.91 Å². The van der Waals surface area contributed by atoms with Crippen LogP contribution in [0.25, 0.3) is 11.3 Å². The molecule has 1 heterocycles. The summed E-state index contributed by atoms with van der Waals surface area (Å²) in [7, 11) is -3.08. The Hall–Kier alpha value is -2.34. The average Bonchev–Trinajstić information content (AvgIpc) is 3.13. The number of halogens is 5. The molecule has 1 unspecified atom stereocenters. The molecule has 36 heavy (non-hydrogen) atoms. The van der Waals surface area contributed by atoms with Gasteiger partial charge in [-0.25, -0.2) is 12.8 Å². The molecule has 1 atom stereocenters. The van der Waals surface area contributed by atoms with Crippen LogP contribution in [0.2, 0.25) is 5.02 Å². The van der Waals surface area contributed by atoms with E-state index in [0.717, 1.165) is 13.0 Å². The van der Waals surface area contributed by atoms with Crippen LogP contribution in [0.3, 0.4) is 0 Å². The quantitative estimate of drug-likeness (QED) is 0.447. The largest absolute Gasteiger partial charge is 0.408 e. The molecule has 3 rings (SSSR count). The van der Waals surface area contributed by atoms with Crippen molar-refractivity contribution in [3.8, 4) is 11.3 Å². The fraction of sp³-hybridized carbons (Fsp3) is 0.565. The number of nitrogens with one attached hydrogen (secondary N) is 2. The van der Waals surface area contributed by atoms with Crippen LogP contribution in [0.1, 0.15) is 50.0 Å². The number of carbonyl (C=O) groups is 1. The van der Waals surface area contributed by atoms with Crippen molar-refractivity contribution in [1.29, 1.82) is 0 Å². The maximum Gasteiger partial charge on any atom is 0.408 e. The molecular weight excluding hydrogens is 524 g/mol. The minimum atomic E-state index is -4.49. The molecule has 2 aromatic rings. The van der Waals surface area contributed by atoms with Gasteiger partial charge >= 0.3 is 6.18 Å². The van der Waals surface area contributed by atoms with Crippen molar-refractivity contribution < 1.29 is 30.8 Å². The molecule has 1 saturated carbocycles. The number of benzene rings is 1. The number of hydrogen-bond acceptors (Lipinski definition) is 5. The van der Waals surface area contributed by atoms with Crippen LogP contribution in [-0.4, -0.2) is 54.4 Å². The van der Waals surface area contributed by atoms with E-state index < -0.39 is 33.8 Å². The first-order valence-corrected chi connectivity index (χ1v) is 13.9. The van der Waals surface area contributed by atoms with Crippen LogP contribution in [0, 0.1) is 11.7 Å². The van der Waals surface area contributed by atoms with E-state index in [4.69, 9.17) is 11.6 Å². The summed E-state index contributed by atoms with van der Waals surface area (Å²) < 4.78 is 78.2. The number of anilines is 1. The van der Waals surface area contributed by atoms with Gasteiger partial charge in [-0.05, 0) is 63.6 Å². The number of rotatable bonds is 8. The topological polar surface area (TPSA) is 93.1 Å². The van der Waals surface area contributed by atoms with E-state index in [-0.39, 0.29) is 45.4 Å². The standard InChI is InChI=1S/C23H29ClF4N4O3S/c1-4-32-21(17-10-7-15(11-18(17)25)30-13(2)23(26,27)28)19(24)20(31-32)22(33)29-12-14-5-8-16(9-6-14)36(3,34)35/h7,10-11,13-14,16,30H,4-6,8-9,12H2,1-3H3,(H,29,33). The summed E-state index contributed by atoms with van der Waals surface area (Å²) in [4.78, 5) is 12.8. The molecule has 1 aliphatic carbocycles. The van der Waals surface area contributed by atoms with Crippen molar-refractivity contribution in [3.05, 3.63) is 34.7 Å². The van der Waals surface area contributed by atoms with E-state index in [1.54, 1.807) is 6.92 Å². The number of sulfone groups is 1. The van der Waals surface area contributed by atoms with Gasteiger partial charge in [-0.2, -0.15) is 18.3 Å². The Morgan fingerprint density at radius 3 is 2.42 bits per heavy atom. The normalized spacial score (nSPS) is 19.7. The van der Waals surface area contributed by atoms with Crippen molar-refractivity contribution in [2.75, 3.05) is 18.1 Å². The van der Waals surface area contributed by atoms with E-state index in [0.29, 0.717) is 32.2 Å². The number of amides is 1. The lowest BCUT2D eigenvalue weighted by Crippen LogP contribution is -2.34. The lowest BCUT2D eigenvalue weighted by Gasteiger charge is -2.27. The van der Waals surface area contributed by atoms with Gasteiger partial charge in [0.15, 0.2) is 5.69 Å². The van der Waals surface area contributed by atoms with Gasteiger partial charge in [0.1, 0.15) is 21.7 Å². The maximum atomic E-state index is 14.9. The molecule has 7 nitrogen and oxygen atoms in total. The van der Waals surface area contributed by atoms with Crippen LogP contribution < -0.4 is 10.6 Å². The van der Waals surface area contributed by atoms with E-state index in [1.165, 1.54) is 23.1 Å². The van der Waals surface area contributed by atoms with Crippen LogP contribution >= 0.6 is 11.6 Å². The molecule has 0 radical (unpaired) electrons. The summed E-state index contributed by atoms with van der Waals surface area (Å²) in [5.41, 5.74) is -0.00226. The number of nitrogens with zero attached hydrogens (tertiary/aromatic N) is 2. The fourth-order valence-corrected chi connectivity index (χ4v) is 5.74. The number of aromatic nitrogens is 2. The number of aryl methyl sites for hydroxylation is 1. The predicted octanol–water partition coefficient (Wildman–Crippen LogP) is 5.06. The highest BCUT2D eigenvalue weighted by Gasteiger charge is 2.36. The van der Waals surface area contributed by atoms with Crippen LogP contribution in [0.4, 0.5) is 23.2 Å². The molecule has 200 valence electrons. The minimum absolute atomic E-state index is 0.00212. The second-order valence-corrected chi connectivity index (χ2v) is 11.8. The Labute approximate surface area is 212 Å². The Morgan fingerprint density at radius 2 is 1.89 bits per heavy atom. The van der Waals surface area contributed by atoms with E-state index in [1.807, 2.05) is 0 Å². The van der Waals surface area contributed by atoms with Crippen molar-refractivity contribution in [2.45, 2.75) is 63.5 Å². The summed E-state index contributed by atoms with van der Waals surface area (Å²) in [6.45, 7) is 3.25. The van der Waals surface area contributed by atoms with Crippen molar-refractivity contribution in [2.24, 2.45) is 5.92 Å². The molecule has 1 aromatic heterocycles. The van der Waals surface area contributed by atoms with Crippen molar-refractivity contribution in [1.82, 2.24) is 15.1 Å². The monoisotopic (exact) mass is 552 g/mol. The summed E-state index contributed by atoms with van der Waals surface area (Å²) >= 11 is 6.44. The predicted molar refractivity (Wildman–Crippen MR) is 130 cm³/mol. The molecular formula is C23H29ClF4N4O3S. The summed E-state index contributed by atoms with van der Waals surface area (Å²) in [6.07, 6.45) is -0.840. The summed E-state index contributed by atoms with van der Waals surface area (Å²) in [5.74, 6) is -1.24. The highest BCUT2D eigenvalue weighted by molar-refractivity contribution is 7.91. The Morgan fingerprint density at radius 1 is 1.25 bits per heavy atom. The second kappa shape index (κ2) is 11.0. The smallest absolute Gasteiger partial charge is 0.374 e. The average molecular weight is 553 g/mol. The van der Waals surface area contributed by atoms with E-state index in [9.17, 15) is 30.8 Å². The zero-order valence-electron chi connectivity index (χ0n) is 20.1. The third kappa shape index (κ3) is 6.50. The first-order valence-electron chi connectivity index (χ1n) is 11.6. The SMILES string of the molecule is CCn1nc(C(=O)NCC2CCC(S(C)(=O)=O)CC2)c(Cl)c1-c1ccc(NC(C)C(F)(F)F)cc1F. The van der Waals surface area contributed by atoms with Gasteiger partial charge in [0.2, 0.25) is 0 Å². The molecule has 2 N–H and O–H groups in total. The third-order valence-corrected chi connectivity index (χ3v) is 8.50. The first-order chi connectivity index (χ1) is 16.7. The minimum Gasteiger partial charge on any atom is -0.374 e. The lowest BCUT2D eigenvalue weighted by molar-refractivity contribution is -0.138.